The van der Waals surface area contributed by atoms with Crippen molar-refractivity contribution >= 4 is 27.6 Å². The van der Waals surface area contributed by atoms with Crippen LogP contribution < -0.4 is 5.32 Å². The van der Waals surface area contributed by atoms with Gasteiger partial charge in [0, 0.05) is 35.1 Å². The normalized spacial score (nSPS) is 12.3. The molecule has 0 bridgehead atoms. The Morgan fingerprint density at radius 1 is 0.971 bits per heavy atom. The molecule has 9 nitrogen and oxygen atoms in total. The van der Waals surface area contributed by atoms with Crippen molar-refractivity contribution in [3.05, 3.63) is 73.4 Å². The van der Waals surface area contributed by atoms with Crippen LogP contribution in [0.15, 0.2) is 73.4 Å². The number of aromatic amines is 2. The lowest BCUT2D eigenvalue weighted by Gasteiger charge is -2.12. The van der Waals surface area contributed by atoms with Crippen LogP contribution in [0.5, 0.6) is 0 Å². The fourth-order valence-corrected chi connectivity index (χ4v) is 4.12. The van der Waals surface area contributed by atoms with Gasteiger partial charge in [0.15, 0.2) is 5.82 Å². The highest BCUT2D eigenvalue weighted by Crippen LogP contribution is 2.32. The Bertz CT molecular complexity index is 1640. The van der Waals surface area contributed by atoms with Gasteiger partial charge in [0.25, 0.3) is 0 Å². The number of anilines is 1. The second-order valence-corrected chi connectivity index (χ2v) is 8.24. The molecule has 1 unspecified atom stereocenters. The molecule has 4 N–H and O–H groups in total. The first-order chi connectivity index (χ1) is 17.2. The smallest absolute Gasteiger partial charge is 0.159 e. The van der Waals surface area contributed by atoms with Crippen molar-refractivity contribution in [1.29, 1.82) is 0 Å². The van der Waals surface area contributed by atoms with E-state index in [1.165, 1.54) is 0 Å². The molecule has 0 radical (unpaired) electrons. The Balaban J connectivity index is 1.43. The third-order valence-electron chi connectivity index (χ3n) is 5.93. The van der Waals surface area contributed by atoms with Crippen LogP contribution in [0.3, 0.4) is 0 Å². The third-order valence-corrected chi connectivity index (χ3v) is 5.93. The van der Waals surface area contributed by atoms with Gasteiger partial charge in [-0.2, -0.15) is 5.10 Å². The first-order valence-corrected chi connectivity index (χ1v) is 11.3. The van der Waals surface area contributed by atoms with Crippen molar-refractivity contribution in [1.82, 2.24) is 35.1 Å². The van der Waals surface area contributed by atoms with Gasteiger partial charge in [-0.1, -0.05) is 19.1 Å². The predicted octanol–water partition coefficient (Wildman–Crippen LogP) is 4.77. The zero-order valence-corrected chi connectivity index (χ0v) is 18.9. The fraction of sp³-hybridized carbons (Fsp3) is 0.115. The molecule has 0 saturated carbocycles. The topological polar surface area (TPSA) is 128 Å². The van der Waals surface area contributed by atoms with E-state index in [-0.39, 0.29) is 0 Å². The summed E-state index contributed by atoms with van der Waals surface area (Å²) >= 11 is 0. The first kappa shape index (κ1) is 20.9. The number of benzene rings is 1. The largest absolute Gasteiger partial charge is 0.374 e. The quantitative estimate of drug-likeness (QED) is 0.263. The van der Waals surface area contributed by atoms with E-state index in [0.717, 1.165) is 50.0 Å². The van der Waals surface area contributed by atoms with E-state index in [1.54, 1.807) is 31.0 Å². The summed E-state index contributed by atoms with van der Waals surface area (Å²) in [6.45, 7) is 1.91. The predicted molar refractivity (Wildman–Crippen MR) is 135 cm³/mol. The van der Waals surface area contributed by atoms with Gasteiger partial charge >= 0.3 is 0 Å². The summed E-state index contributed by atoms with van der Waals surface area (Å²) in [5.41, 5.74) is 7.70. The number of aliphatic hydroxyl groups excluding tert-OH is 1. The Kier molecular flexibility index (Phi) is 5.16. The van der Waals surface area contributed by atoms with E-state index in [9.17, 15) is 5.11 Å². The van der Waals surface area contributed by atoms with Crippen molar-refractivity contribution in [3.63, 3.8) is 0 Å². The zero-order chi connectivity index (χ0) is 23.8. The molecule has 0 amide bonds. The highest BCUT2D eigenvalue weighted by molar-refractivity contribution is 5.97. The average Bonchev–Trinajstić information content (AvgIpc) is 3.53. The minimum absolute atomic E-state index is 0.590. The molecule has 0 aliphatic rings. The van der Waals surface area contributed by atoms with Crippen LogP contribution in [0.2, 0.25) is 0 Å². The number of pyridine rings is 3. The number of imidazole rings is 1. The average molecular weight is 463 g/mol. The van der Waals surface area contributed by atoms with Gasteiger partial charge in [0.1, 0.15) is 11.9 Å². The first-order valence-electron chi connectivity index (χ1n) is 11.3. The van der Waals surface area contributed by atoms with Crippen molar-refractivity contribution in [3.8, 4) is 33.9 Å². The molecule has 9 heteroatoms. The van der Waals surface area contributed by atoms with Gasteiger partial charge in [-0.25, -0.2) is 4.98 Å². The fourth-order valence-electron chi connectivity index (χ4n) is 4.12. The Morgan fingerprint density at radius 3 is 2.71 bits per heavy atom. The summed E-state index contributed by atoms with van der Waals surface area (Å²) in [6.07, 6.45) is 8.70. The summed E-state index contributed by atoms with van der Waals surface area (Å²) in [4.78, 5) is 21.3. The molecular weight excluding hydrogens is 440 g/mol. The van der Waals surface area contributed by atoms with Crippen LogP contribution in [0.1, 0.15) is 13.3 Å². The number of rotatable bonds is 6. The van der Waals surface area contributed by atoms with Gasteiger partial charge in [0.05, 0.1) is 40.3 Å². The molecule has 0 fully saturated rings. The standard InChI is InChI=1S/C26H22N8O/c1-2-23(35)30-17-10-16(12-28-13-17)21-11-19-22(14-29-21)33-34-25(19)26-31-20-5-3-4-18(24(20)32-26)15-6-8-27-9-7-15/h3-14,23,30,35H,2H2,1H3,(H,31,32)(H,33,34). The number of hydrogen-bond acceptors (Lipinski definition) is 7. The summed E-state index contributed by atoms with van der Waals surface area (Å²) in [5, 5.41) is 21.4. The summed E-state index contributed by atoms with van der Waals surface area (Å²) in [7, 11) is 0. The molecule has 6 rings (SSSR count). The van der Waals surface area contributed by atoms with E-state index in [4.69, 9.17) is 4.98 Å². The highest BCUT2D eigenvalue weighted by atomic mass is 16.3. The van der Waals surface area contributed by atoms with E-state index >= 15 is 0 Å². The maximum Gasteiger partial charge on any atom is 0.159 e. The minimum Gasteiger partial charge on any atom is -0.374 e. The van der Waals surface area contributed by atoms with E-state index in [1.807, 2.05) is 43.3 Å². The number of fused-ring (bicyclic) bond motifs is 2. The van der Waals surface area contributed by atoms with Gasteiger partial charge in [0.2, 0.25) is 0 Å². The van der Waals surface area contributed by atoms with Crippen LogP contribution in [-0.4, -0.2) is 46.5 Å². The molecule has 5 aromatic heterocycles. The molecule has 6 aromatic rings. The lowest BCUT2D eigenvalue weighted by atomic mass is 10.1. The van der Waals surface area contributed by atoms with Crippen LogP contribution in [0.4, 0.5) is 5.69 Å². The molecule has 5 heterocycles. The van der Waals surface area contributed by atoms with Gasteiger partial charge in [-0.3, -0.25) is 20.1 Å². The number of para-hydroxylation sites is 1. The van der Waals surface area contributed by atoms with Gasteiger partial charge < -0.3 is 15.4 Å². The minimum atomic E-state index is -0.631. The zero-order valence-electron chi connectivity index (χ0n) is 18.9. The van der Waals surface area contributed by atoms with Crippen LogP contribution in [0.25, 0.3) is 55.8 Å². The maximum absolute atomic E-state index is 9.92. The number of nitrogens with one attached hydrogen (secondary N) is 3. The molecule has 172 valence electrons. The van der Waals surface area contributed by atoms with Crippen molar-refractivity contribution in [2.45, 2.75) is 19.6 Å². The van der Waals surface area contributed by atoms with E-state index in [0.29, 0.717) is 17.9 Å². The number of nitrogens with zero attached hydrogens (tertiary/aromatic N) is 5. The Labute approximate surface area is 200 Å². The lowest BCUT2D eigenvalue weighted by Crippen LogP contribution is -2.16. The SMILES string of the molecule is CCC(O)Nc1cncc(-c2cc3c(-c4nc5c(-c6ccncc6)cccc5[nH]4)n[nH]c3cn2)c1. The molecule has 35 heavy (non-hydrogen) atoms. The summed E-state index contributed by atoms with van der Waals surface area (Å²) in [6, 6.07) is 13.9. The molecule has 1 atom stereocenters. The van der Waals surface area contributed by atoms with E-state index < -0.39 is 6.23 Å². The molecule has 0 aliphatic carbocycles. The summed E-state index contributed by atoms with van der Waals surface area (Å²) < 4.78 is 0. The van der Waals surface area contributed by atoms with Gasteiger partial charge in [-0.05, 0) is 42.3 Å². The Morgan fingerprint density at radius 2 is 1.86 bits per heavy atom. The second kappa shape index (κ2) is 8.62. The third kappa shape index (κ3) is 3.87. The summed E-state index contributed by atoms with van der Waals surface area (Å²) in [5.74, 6) is 0.671. The molecule has 1 aromatic carbocycles. The molecule has 0 aliphatic heterocycles. The van der Waals surface area contributed by atoms with Crippen molar-refractivity contribution < 1.29 is 5.11 Å². The lowest BCUT2D eigenvalue weighted by molar-refractivity contribution is 0.199. The van der Waals surface area contributed by atoms with Gasteiger partial charge in [-0.15, -0.1) is 0 Å². The van der Waals surface area contributed by atoms with Crippen LogP contribution in [-0.2, 0) is 0 Å². The van der Waals surface area contributed by atoms with Crippen LogP contribution in [0, 0.1) is 0 Å². The molecule has 0 saturated heterocycles. The molecular formula is C26H22N8O. The maximum atomic E-state index is 9.92. The second-order valence-electron chi connectivity index (χ2n) is 8.24. The van der Waals surface area contributed by atoms with Crippen LogP contribution >= 0.6 is 0 Å². The Hall–Kier alpha value is -4.63. The van der Waals surface area contributed by atoms with E-state index in [2.05, 4.69) is 41.5 Å². The monoisotopic (exact) mass is 462 g/mol. The van der Waals surface area contributed by atoms with Crippen molar-refractivity contribution in [2.75, 3.05) is 5.32 Å². The highest BCUT2D eigenvalue weighted by Gasteiger charge is 2.16. The number of H-pyrrole nitrogens is 2. The van der Waals surface area contributed by atoms with Crippen molar-refractivity contribution in [2.24, 2.45) is 0 Å². The molecule has 0 spiro atoms. The number of aliphatic hydroxyl groups is 1. The number of aromatic nitrogens is 7. The number of hydrogen-bond donors (Lipinski definition) is 4.